The van der Waals surface area contributed by atoms with Crippen LogP contribution in [0.3, 0.4) is 0 Å². The standard InChI is InChI=1S/C5H5NO2S.C2H6/c1-6-4(7)2-3(9)5(6)8;1-2/h2,9H,1H3;1-2H3. The molecule has 1 aliphatic heterocycles. The van der Waals surface area contributed by atoms with Crippen LogP contribution in [0.4, 0.5) is 0 Å². The Morgan fingerprint density at radius 2 is 1.82 bits per heavy atom. The van der Waals surface area contributed by atoms with Gasteiger partial charge in [-0.1, -0.05) is 13.8 Å². The monoisotopic (exact) mass is 173 g/mol. The lowest BCUT2D eigenvalue weighted by molar-refractivity contribution is -0.135. The van der Waals surface area contributed by atoms with Crippen LogP contribution in [-0.2, 0) is 9.59 Å². The lowest BCUT2D eigenvalue weighted by atomic mass is 10.6. The predicted octanol–water partition coefficient (Wildman–Crippen LogP) is 0.825. The van der Waals surface area contributed by atoms with Crippen LogP contribution in [0.1, 0.15) is 13.8 Å². The largest absolute Gasteiger partial charge is 0.278 e. The summed E-state index contributed by atoms with van der Waals surface area (Å²) in [7, 11) is 1.42. The van der Waals surface area contributed by atoms with Gasteiger partial charge in [0.05, 0.1) is 4.91 Å². The molecule has 0 aromatic carbocycles. The zero-order chi connectivity index (χ0) is 9.02. The number of rotatable bonds is 0. The van der Waals surface area contributed by atoms with Crippen molar-refractivity contribution in [3.8, 4) is 0 Å². The molecule has 0 fully saturated rings. The third kappa shape index (κ3) is 2.08. The van der Waals surface area contributed by atoms with Gasteiger partial charge in [0, 0.05) is 13.1 Å². The Bertz CT molecular complexity index is 210. The molecule has 0 saturated heterocycles. The minimum atomic E-state index is -0.330. The fourth-order valence-electron chi connectivity index (χ4n) is 0.547. The van der Waals surface area contributed by atoms with Gasteiger partial charge in [0.1, 0.15) is 0 Å². The Balaban J connectivity index is 0.000000461. The molecular weight excluding hydrogens is 162 g/mol. The summed E-state index contributed by atoms with van der Waals surface area (Å²) in [6.45, 7) is 4.00. The number of carbonyl (C=O) groups excluding carboxylic acids is 2. The normalized spacial score (nSPS) is 16.0. The van der Waals surface area contributed by atoms with E-state index < -0.39 is 0 Å². The first kappa shape index (κ1) is 10.2. The number of hydrogen-bond acceptors (Lipinski definition) is 3. The molecule has 0 atom stereocenters. The average molecular weight is 173 g/mol. The molecule has 0 bridgehead atoms. The van der Waals surface area contributed by atoms with Crippen molar-refractivity contribution in [2.75, 3.05) is 7.05 Å². The molecule has 0 spiro atoms. The highest BCUT2D eigenvalue weighted by Crippen LogP contribution is 2.12. The van der Waals surface area contributed by atoms with Crippen LogP contribution in [0.5, 0.6) is 0 Å². The summed E-state index contributed by atoms with van der Waals surface area (Å²) in [6.07, 6.45) is 1.20. The van der Waals surface area contributed by atoms with E-state index in [-0.39, 0.29) is 16.7 Å². The number of thiol groups is 1. The SMILES string of the molecule is CC.CN1C(=O)C=C(S)C1=O. The zero-order valence-electron chi connectivity index (χ0n) is 6.79. The van der Waals surface area contributed by atoms with Crippen LogP contribution in [0.15, 0.2) is 11.0 Å². The van der Waals surface area contributed by atoms with Crippen LogP contribution < -0.4 is 0 Å². The second kappa shape index (κ2) is 4.18. The fourth-order valence-corrected chi connectivity index (χ4v) is 0.808. The Morgan fingerprint density at radius 1 is 1.36 bits per heavy atom. The van der Waals surface area contributed by atoms with Gasteiger partial charge in [0.25, 0.3) is 11.8 Å². The van der Waals surface area contributed by atoms with E-state index in [1.54, 1.807) is 0 Å². The molecule has 0 aliphatic carbocycles. The Hall–Kier alpha value is -0.770. The maximum atomic E-state index is 10.7. The summed E-state index contributed by atoms with van der Waals surface area (Å²) in [5.74, 6) is -0.631. The Morgan fingerprint density at radius 3 is 1.91 bits per heavy atom. The van der Waals surface area contributed by atoms with E-state index >= 15 is 0 Å². The number of likely N-dealkylation sites (N-methyl/N-ethyl adjacent to an activating group) is 1. The van der Waals surface area contributed by atoms with E-state index in [4.69, 9.17) is 0 Å². The number of carbonyl (C=O) groups is 2. The van der Waals surface area contributed by atoms with Crippen molar-refractivity contribution in [2.45, 2.75) is 13.8 Å². The van der Waals surface area contributed by atoms with Gasteiger partial charge >= 0.3 is 0 Å². The lowest BCUT2D eigenvalue weighted by Crippen LogP contribution is -2.25. The highest BCUT2D eigenvalue weighted by molar-refractivity contribution is 7.85. The predicted molar refractivity (Wildman–Crippen MR) is 46.2 cm³/mol. The number of nitrogens with zero attached hydrogens (tertiary/aromatic N) is 1. The van der Waals surface area contributed by atoms with Gasteiger partial charge in [0.15, 0.2) is 0 Å². The molecule has 0 N–H and O–H groups in total. The van der Waals surface area contributed by atoms with Crippen molar-refractivity contribution in [1.82, 2.24) is 4.90 Å². The summed E-state index contributed by atoms with van der Waals surface area (Å²) in [6, 6.07) is 0. The first-order valence-corrected chi connectivity index (χ1v) is 3.80. The molecule has 0 radical (unpaired) electrons. The molecule has 0 unspecified atom stereocenters. The first-order valence-electron chi connectivity index (χ1n) is 3.35. The second-order valence-corrected chi connectivity index (χ2v) is 2.21. The highest BCUT2D eigenvalue weighted by Gasteiger charge is 2.24. The summed E-state index contributed by atoms with van der Waals surface area (Å²) >= 11 is 3.76. The number of hydrogen-bond donors (Lipinski definition) is 1. The summed E-state index contributed by atoms with van der Waals surface area (Å²) < 4.78 is 0. The first-order chi connectivity index (χ1) is 5.13. The molecule has 11 heavy (non-hydrogen) atoms. The van der Waals surface area contributed by atoms with Crippen LogP contribution in [0, 0.1) is 0 Å². The molecule has 1 aliphatic rings. The molecule has 1 heterocycles. The maximum Gasteiger partial charge on any atom is 0.266 e. The van der Waals surface area contributed by atoms with Crippen molar-refractivity contribution >= 4 is 24.4 Å². The highest BCUT2D eigenvalue weighted by atomic mass is 32.1. The Labute approximate surface area is 71.5 Å². The van der Waals surface area contributed by atoms with Crippen LogP contribution >= 0.6 is 12.6 Å². The van der Waals surface area contributed by atoms with Crippen molar-refractivity contribution in [1.29, 1.82) is 0 Å². The Kier molecular flexibility index (Phi) is 3.89. The number of imide groups is 1. The molecule has 0 aromatic rings. The van der Waals surface area contributed by atoms with Gasteiger partial charge in [-0.05, 0) is 0 Å². The van der Waals surface area contributed by atoms with Crippen molar-refractivity contribution in [3.63, 3.8) is 0 Å². The van der Waals surface area contributed by atoms with E-state index in [0.29, 0.717) is 0 Å². The van der Waals surface area contributed by atoms with Crippen molar-refractivity contribution < 1.29 is 9.59 Å². The van der Waals surface area contributed by atoms with E-state index in [2.05, 4.69) is 12.6 Å². The molecular formula is C7H11NO2S. The third-order valence-corrected chi connectivity index (χ3v) is 1.43. The van der Waals surface area contributed by atoms with E-state index in [1.165, 1.54) is 13.1 Å². The van der Waals surface area contributed by atoms with Crippen molar-refractivity contribution in [2.24, 2.45) is 0 Å². The molecule has 0 saturated carbocycles. The van der Waals surface area contributed by atoms with E-state index in [9.17, 15) is 9.59 Å². The zero-order valence-corrected chi connectivity index (χ0v) is 7.68. The molecule has 0 aromatic heterocycles. The lowest BCUT2D eigenvalue weighted by Gasteiger charge is -2.02. The molecule has 3 nitrogen and oxygen atoms in total. The van der Waals surface area contributed by atoms with Crippen LogP contribution in [-0.4, -0.2) is 23.8 Å². The van der Waals surface area contributed by atoms with Gasteiger partial charge in [-0.2, -0.15) is 0 Å². The van der Waals surface area contributed by atoms with Crippen LogP contribution in [0.25, 0.3) is 0 Å². The fraction of sp³-hybridized carbons (Fsp3) is 0.429. The van der Waals surface area contributed by atoms with Gasteiger partial charge in [-0.3, -0.25) is 14.5 Å². The van der Waals surface area contributed by atoms with Crippen molar-refractivity contribution in [3.05, 3.63) is 11.0 Å². The molecule has 62 valence electrons. The minimum Gasteiger partial charge on any atom is -0.278 e. The number of amides is 2. The topological polar surface area (TPSA) is 37.4 Å². The summed E-state index contributed by atoms with van der Waals surface area (Å²) in [5, 5.41) is 0. The molecule has 2 amide bonds. The minimum absolute atomic E-state index is 0.211. The van der Waals surface area contributed by atoms with Gasteiger partial charge < -0.3 is 0 Å². The van der Waals surface area contributed by atoms with Gasteiger partial charge in [0.2, 0.25) is 0 Å². The summed E-state index contributed by atoms with van der Waals surface area (Å²) in [5.41, 5.74) is 0. The maximum absolute atomic E-state index is 10.7. The molecule has 1 rings (SSSR count). The third-order valence-electron chi connectivity index (χ3n) is 1.11. The smallest absolute Gasteiger partial charge is 0.266 e. The van der Waals surface area contributed by atoms with Crippen LogP contribution in [0.2, 0.25) is 0 Å². The molecule has 4 heteroatoms. The average Bonchev–Trinajstić information content (AvgIpc) is 2.22. The van der Waals surface area contributed by atoms with E-state index in [1.807, 2.05) is 13.8 Å². The summed E-state index contributed by atoms with van der Waals surface area (Å²) in [4.78, 5) is 22.5. The quantitative estimate of drug-likeness (QED) is 0.435. The van der Waals surface area contributed by atoms with Gasteiger partial charge in [-0.25, -0.2) is 0 Å². The van der Waals surface area contributed by atoms with Gasteiger partial charge in [-0.15, -0.1) is 12.6 Å². The second-order valence-electron chi connectivity index (χ2n) is 1.73. The van der Waals surface area contributed by atoms with E-state index in [0.717, 1.165) is 4.90 Å².